The highest BCUT2D eigenvalue weighted by atomic mass is 32.1. The molecule has 2 nitrogen and oxygen atoms in total. The van der Waals surface area contributed by atoms with Crippen molar-refractivity contribution in [2.24, 2.45) is 23.7 Å². The van der Waals surface area contributed by atoms with Crippen molar-refractivity contribution < 1.29 is 0 Å². The lowest BCUT2D eigenvalue weighted by molar-refractivity contribution is 0.113. The Balaban J connectivity index is 2.75. The average molecular weight is 313 g/mol. The molecular weight excluding hydrogens is 276 g/mol. The van der Waals surface area contributed by atoms with E-state index < -0.39 is 0 Å². The second kappa shape index (κ2) is 7.80. The van der Waals surface area contributed by atoms with Crippen LogP contribution in [-0.4, -0.2) is 16.7 Å². The van der Waals surface area contributed by atoms with Gasteiger partial charge in [-0.05, 0) is 69.5 Å². The normalized spacial score (nSPS) is 30.3. The first-order chi connectivity index (χ1) is 9.67. The molecule has 0 radical (unpaired) electrons. The Hall–Kier alpha value is -0.310. The van der Waals surface area contributed by atoms with Crippen LogP contribution in [0.4, 0.5) is 0 Å². The summed E-state index contributed by atoms with van der Waals surface area (Å²) in [5, 5.41) is 7.89. The number of hydrogen-bond acceptors (Lipinski definition) is 1. The molecule has 0 saturated heterocycles. The standard InChI is InChI=1S/C18H36N2S/c1-8-13-10-15(12(3)4)11-14(9-2)16(13)19-17(21)20-18(5,6)7/h12-16H,8-11H2,1-7H3,(H2,19,20,21). The first-order valence-electron chi connectivity index (χ1n) is 8.76. The van der Waals surface area contributed by atoms with Gasteiger partial charge in [0.1, 0.15) is 0 Å². The molecule has 0 amide bonds. The van der Waals surface area contributed by atoms with Crippen molar-refractivity contribution in [1.29, 1.82) is 0 Å². The second-order valence-corrected chi connectivity index (χ2v) is 8.59. The van der Waals surface area contributed by atoms with Crippen LogP contribution in [0.3, 0.4) is 0 Å². The molecule has 2 atom stereocenters. The number of thiocarbonyl (C=S) groups is 1. The lowest BCUT2D eigenvalue weighted by Crippen LogP contribution is -2.55. The molecule has 3 heteroatoms. The zero-order valence-electron chi connectivity index (χ0n) is 15.1. The minimum atomic E-state index is 0.0304. The Labute approximate surface area is 137 Å². The third kappa shape index (κ3) is 5.77. The smallest absolute Gasteiger partial charge is 0.166 e. The minimum Gasteiger partial charge on any atom is -0.359 e. The van der Waals surface area contributed by atoms with Gasteiger partial charge in [0.25, 0.3) is 0 Å². The summed E-state index contributed by atoms with van der Waals surface area (Å²) in [6.45, 7) is 15.9. The molecule has 21 heavy (non-hydrogen) atoms. The van der Waals surface area contributed by atoms with Crippen molar-refractivity contribution in [3.8, 4) is 0 Å². The van der Waals surface area contributed by atoms with Crippen molar-refractivity contribution in [2.75, 3.05) is 0 Å². The molecule has 1 aliphatic rings. The van der Waals surface area contributed by atoms with Crippen LogP contribution in [-0.2, 0) is 0 Å². The van der Waals surface area contributed by atoms with E-state index in [1.54, 1.807) is 0 Å². The van der Waals surface area contributed by atoms with Crippen LogP contribution in [0.25, 0.3) is 0 Å². The molecule has 0 heterocycles. The molecule has 1 saturated carbocycles. The van der Waals surface area contributed by atoms with Crippen LogP contribution >= 0.6 is 12.2 Å². The highest BCUT2D eigenvalue weighted by molar-refractivity contribution is 7.80. The summed E-state index contributed by atoms with van der Waals surface area (Å²) in [7, 11) is 0. The zero-order valence-corrected chi connectivity index (χ0v) is 15.9. The Morgan fingerprint density at radius 3 is 1.90 bits per heavy atom. The van der Waals surface area contributed by atoms with Crippen LogP contribution in [0.2, 0.25) is 0 Å². The fourth-order valence-corrected chi connectivity index (χ4v) is 4.14. The maximum Gasteiger partial charge on any atom is 0.166 e. The van der Waals surface area contributed by atoms with E-state index in [1.807, 2.05) is 0 Å². The lowest BCUT2D eigenvalue weighted by atomic mass is 9.67. The molecule has 0 aromatic rings. The number of nitrogens with one attached hydrogen (secondary N) is 2. The molecule has 1 fully saturated rings. The third-order valence-electron chi connectivity index (χ3n) is 5.00. The Bertz CT molecular complexity index is 319. The summed E-state index contributed by atoms with van der Waals surface area (Å²) in [6, 6.07) is 0.539. The molecule has 0 bridgehead atoms. The molecule has 1 rings (SSSR count). The van der Waals surface area contributed by atoms with Gasteiger partial charge in [-0.2, -0.15) is 0 Å². The second-order valence-electron chi connectivity index (χ2n) is 8.19. The van der Waals surface area contributed by atoms with Gasteiger partial charge in [-0.1, -0.05) is 40.5 Å². The Kier molecular flexibility index (Phi) is 6.96. The van der Waals surface area contributed by atoms with E-state index in [0.717, 1.165) is 28.8 Å². The van der Waals surface area contributed by atoms with Gasteiger partial charge < -0.3 is 10.6 Å². The molecule has 124 valence electrons. The Morgan fingerprint density at radius 1 is 1.10 bits per heavy atom. The maximum atomic E-state index is 5.54. The molecule has 0 aromatic carbocycles. The molecule has 2 N–H and O–H groups in total. The van der Waals surface area contributed by atoms with Crippen molar-refractivity contribution in [2.45, 2.75) is 85.7 Å². The van der Waals surface area contributed by atoms with Crippen LogP contribution < -0.4 is 10.6 Å². The van der Waals surface area contributed by atoms with Gasteiger partial charge in [0.2, 0.25) is 0 Å². The van der Waals surface area contributed by atoms with Crippen molar-refractivity contribution >= 4 is 17.3 Å². The monoisotopic (exact) mass is 312 g/mol. The van der Waals surface area contributed by atoms with E-state index in [4.69, 9.17) is 12.2 Å². The Morgan fingerprint density at radius 2 is 1.57 bits per heavy atom. The SMILES string of the molecule is CCC1CC(C(C)C)CC(CC)C1NC(=S)NC(C)(C)C. The van der Waals surface area contributed by atoms with Gasteiger partial charge >= 0.3 is 0 Å². The van der Waals surface area contributed by atoms with E-state index in [-0.39, 0.29) is 5.54 Å². The predicted octanol–water partition coefficient (Wildman–Crippen LogP) is 4.74. The van der Waals surface area contributed by atoms with Gasteiger partial charge in [0.05, 0.1) is 0 Å². The first kappa shape index (κ1) is 18.7. The first-order valence-corrected chi connectivity index (χ1v) is 9.17. The maximum absolute atomic E-state index is 5.54. The highest BCUT2D eigenvalue weighted by Crippen LogP contribution is 2.40. The van der Waals surface area contributed by atoms with E-state index in [1.165, 1.54) is 25.7 Å². The molecular formula is C18H36N2S. The van der Waals surface area contributed by atoms with Gasteiger partial charge in [-0.15, -0.1) is 0 Å². The summed E-state index contributed by atoms with van der Waals surface area (Å²) >= 11 is 5.54. The van der Waals surface area contributed by atoms with Crippen molar-refractivity contribution in [3.63, 3.8) is 0 Å². The fraction of sp³-hybridized carbons (Fsp3) is 0.944. The van der Waals surface area contributed by atoms with E-state index in [2.05, 4.69) is 59.1 Å². The number of hydrogen-bond donors (Lipinski definition) is 2. The van der Waals surface area contributed by atoms with Crippen LogP contribution in [0.5, 0.6) is 0 Å². The third-order valence-corrected chi connectivity index (χ3v) is 5.22. The molecule has 0 spiro atoms. The summed E-state index contributed by atoms with van der Waals surface area (Å²) in [5.74, 6) is 3.17. The lowest BCUT2D eigenvalue weighted by Gasteiger charge is -2.44. The van der Waals surface area contributed by atoms with Crippen LogP contribution in [0.1, 0.15) is 74.1 Å². The van der Waals surface area contributed by atoms with Gasteiger partial charge in [-0.25, -0.2) is 0 Å². The average Bonchev–Trinajstić information content (AvgIpc) is 2.36. The highest BCUT2D eigenvalue weighted by Gasteiger charge is 2.37. The van der Waals surface area contributed by atoms with E-state index in [9.17, 15) is 0 Å². The van der Waals surface area contributed by atoms with Gasteiger partial charge in [0, 0.05) is 11.6 Å². The van der Waals surface area contributed by atoms with Crippen molar-refractivity contribution in [3.05, 3.63) is 0 Å². The zero-order chi connectivity index (χ0) is 16.2. The van der Waals surface area contributed by atoms with Crippen LogP contribution in [0, 0.1) is 23.7 Å². The van der Waals surface area contributed by atoms with Gasteiger partial charge in [-0.3, -0.25) is 0 Å². The van der Waals surface area contributed by atoms with E-state index in [0.29, 0.717) is 6.04 Å². The fourth-order valence-electron chi connectivity index (χ4n) is 3.70. The van der Waals surface area contributed by atoms with Crippen molar-refractivity contribution in [1.82, 2.24) is 10.6 Å². The quantitative estimate of drug-likeness (QED) is 0.733. The largest absolute Gasteiger partial charge is 0.359 e. The molecule has 0 aliphatic heterocycles. The van der Waals surface area contributed by atoms with Gasteiger partial charge in [0.15, 0.2) is 5.11 Å². The summed E-state index contributed by atoms with van der Waals surface area (Å²) < 4.78 is 0. The summed E-state index contributed by atoms with van der Waals surface area (Å²) in [5.41, 5.74) is 0.0304. The summed E-state index contributed by atoms with van der Waals surface area (Å²) in [6.07, 6.45) is 5.19. The van der Waals surface area contributed by atoms with E-state index >= 15 is 0 Å². The number of rotatable bonds is 4. The van der Waals surface area contributed by atoms with Crippen LogP contribution in [0.15, 0.2) is 0 Å². The molecule has 0 aromatic heterocycles. The molecule has 2 unspecified atom stereocenters. The molecule has 1 aliphatic carbocycles. The predicted molar refractivity (Wildman–Crippen MR) is 97.5 cm³/mol. The minimum absolute atomic E-state index is 0.0304. The topological polar surface area (TPSA) is 24.1 Å². The summed E-state index contributed by atoms with van der Waals surface area (Å²) in [4.78, 5) is 0.